The number of halogens is 3. The third-order valence-electron chi connectivity index (χ3n) is 8.07. The maximum Gasteiger partial charge on any atom is 0.490 e. The van der Waals surface area contributed by atoms with Gasteiger partial charge in [0.05, 0.1) is 6.10 Å². The van der Waals surface area contributed by atoms with Gasteiger partial charge in [0.15, 0.2) is 0 Å². The maximum atomic E-state index is 10.6. The zero-order valence-electron chi connectivity index (χ0n) is 30.2. The lowest BCUT2D eigenvalue weighted by Gasteiger charge is -2.48. The molecule has 0 radical (unpaired) electrons. The van der Waals surface area contributed by atoms with Crippen molar-refractivity contribution in [3.05, 3.63) is 36.0 Å². The molecule has 4 atom stereocenters. The molecule has 0 saturated heterocycles. The van der Waals surface area contributed by atoms with Crippen LogP contribution in [0.25, 0.3) is 0 Å². The van der Waals surface area contributed by atoms with E-state index >= 15 is 0 Å². The van der Waals surface area contributed by atoms with Crippen LogP contribution >= 0.6 is 0 Å². The summed E-state index contributed by atoms with van der Waals surface area (Å²) in [5.41, 5.74) is 4.64. The number of carbonyl (C=O) groups is 1. The second-order valence-electron chi connectivity index (χ2n) is 12.6. The molecule has 0 aromatic rings. The van der Waals surface area contributed by atoms with Gasteiger partial charge in [-0.3, -0.25) is 0 Å². The average molecular weight is 621 g/mol. The summed E-state index contributed by atoms with van der Waals surface area (Å²) in [5.74, 6) is -0.399. The number of rotatable bonds is 11. The Morgan fingerprint density at radius 1 is 1.07 bits per heavy atom. The third kappa shape index (κ3) is 25.5. The highest BCUT2D eigenvalue weighted by molar-refractivity contribution is 5.73. The van der Waals surface area contributed by atoms with E-state index in [4.69, 9.17) is 15.0 Å². The van der Waals surface area contributed by atoms with Crippen LogP contribution in [-0.2, 0) is 4.79 Å². The summed E-state index contributed by atoms with van der Waals surface area (Å²) in [6.07, 6.45) is 12.0. The van der Waals surface area contributed by atoms with Gasteiger partial charge in [-0.1, -0.05) is 131 Å². The Balaban J connectivity index is -0.000000240. The topological polar surface area (TPSA) is 57.5 Å². The van der Waals surface area contributed by atoms with Gasteiger partial charge < -0.3 is 10.2 Å². The number of alkyl halides is 3. The molecule has 1 saturated carbocycles. The fourth-order valence-corrected chi connectivity index (χ4v) is 5.47. The van der Waals surface area contributed by atoms with E-state index in [2.05, 4.69) is 95.4 Å². The largest absolute Gasteiger partial charge is 0.490 e. The molecule has 0 aromatic heterocycles. The monoisotopic (exact) mass is 621 g/mol. The van der Waals surface area contributed by atoms with E-state index in [1.807, 2.05) is 6.92 Å². The van der Waals surface area contributed by atoms with Crippen molar-refractivity contribution in [1.82, 2.24) is 0 Å². The second-order valence-corrected chi connectivity index (χ2v) is 12.6. The molecule has 0 amide bonds. The molecule has 258 valence electrons. The Labute approximate surface area is 265 Å². The molecule has 0 spiro atoms. The van der Waals surface area contributed by atoms with E-state index in [-0.39, 0.29) is 6.10 Å². The van der Waals surface area contributed by atoms with Crippen LogP contribution in [0.1, 0.15) is 160 Å². The van der Waals surface area contributed by atoms with Crippen LogP contribution in [0.5, 0.6) is 0 Å². The minimum absolute atomic E-state index is 0.0973. The predicted octanol–water partition coefficient (Wildman–Crippen LogP) is 12.7. The van der Waals surface area contributed by atoms with Crippen LogP contribution in [-0.4, -0.2) is 28.5 Å². The summed E-state index contributed by atoms with van der Waals surface area (Å²) in [6, 6.07) is 0. The lowest BCUT2D eigenvalue weighted by atomic mass is 9.57. The standard InChI is InChI=1S/C15H28.C11H20.C6H14O.C3H8.C2HF3O2/c1-7-14(11(2)3)15(6)10-8-9-12(4)13(15)5;1-5-7-8-9-11(6-2)10(3)4;1-3-4-5-6(2)7;1-3-2;3-2(4,5)1(6)7/h11,13-14H,4,7-10H2,1-3,5-6H3;6H,3,5,7-9H2,1-2,4H3;6-7H,3-5H2,1-2H3;3H2,1-2H3;(H,6,7)/b;11-6-;;;/t13?,14?,15-;;;;/m0..../s1. The molecule has 0 aromatic carbocycles. The van der Waals surface area contributed by atoms with Gasteiger partial charge in [0, 0.05) is 0 Å². The third-order valence-corrected chi connectivity index (χ3v) is 8.07. The number of aliphatic hydroxyl groups excluding tert-OH is 1. The maximum absolute atomic E-state index is 10.6. The highest BCUT2D eigenvalue weighted by Crippen LogP contribution is 2.51. The Bertz CT molecular complexity index is 738. The number of carboxylic acids is 1. The van der Waals surface area contributed by atoms with Crippen molar-refractivity contribution in [2.45, 2.75) is 172 Å². The van der Waals surface area contributed by atoms with Crippen molar-refractivity contribution in [3.63, 3.8) is 0 Å². The lowest BCUT2D eigenvalue weighted by molar-refractivity contribution is -0.192. The number of hydrogen-bond donors (Lipinski definition) is 2. The number of aliphatic hydroxyl groups is 1. The van der Waals surface area contributed by atoms with Gasteiger partial charge in [-0.25, -0.2) is 4.79 Å². The average Bonchev–Trinajstić information content (AvgIpc) is 2.89. The van der Waals surface area contributed by atoms with Crippen LogP contribution < -0.4 is 0 Å². The molecular formula is C37H71F3O3. The summed E-state index contributed by atoms with van der Waals surface area (Å²) in [7, 11) is 0. The molecule has 3 nitrogen and oxygen atoms in total. The predicted molar refractivity (Wildman–Crippen MR) is 182 cm³/mol. The molecule has 1 aliphatic carbocycles. The normalized spacial score (nSPS) is 19.6. The summed E-state index contributed by atoms with van der Waals surface area (Å²) in [4.78, 5) is 8.90. The molecule has 6 heteroatoms. The van der Waals surface area contributed by atoms with Crippen LogP contribution in [0.3, 0.4) is 0 Å². The molecule has 3 unspecified atom stereocenters. The van der Waals surface area contributed by atoms with Gasteiger partial charge in [0.25, 0.3) is 0 Å². The minimum Gasteiger partial charge on any atom is -0.475 e. The molecule has 2 N–H and O–H groups in total. The number of carboxylic acid groups (broad SMARTS) is 1. The quantitative estimate of drug-likeness (QED) is 0.137. The van der Waals surface area contributed by atoms with Crippen LogP contribution in [0.4, 0.5) is 13.2 Å². The van der Waals surface area contributed by atoms with Gasteiger partial charge in [0.2, 0.25) is 0 Å². The zero-order chi connectivity index (χ0) is 34.8. The Morgan fingerprint density at radius 2 is 1.53 bits per heavy atom. The molecule has 43 heavy (non-hydrogen) atoms. The van der Waals surface area contributed by atoms with Crippen LogP contribution in [0.2, 0.25) is 0 Å². The number of hydrogen-bond acceptors (Lipinski definition) is 2. The number of allylic oxidation sites excluding steroid dienone is 4. The molecule has 1 fully saturated rings. The Hall–Kier alpha value is -1.56. The molecule has 0 bridgehead atoms. The molecule has 0 aliphatic heterocycles. The molecular weight excluding hydrogens is 549 g/mol. The van der Waals surface area contributed by atoms with E-state index in [1.165, 1.54) is 80.9 Å². The van der Waals surface area contributed by atoms with Crippen molar-refractivity contribution < 1.29 is 28.2 Å². The Morgan fingerprint density at radius 3 is 1.81 bits per heavy atom. The van der Waals surface area contributed by atoms with Crippen molar-refractivity contribution in [2.24, 2.45) is 23.2 Å². The van der Waals surface area contributed by atoms with E-state index in [0.717, 1.165) is 24.7 Å². The smallest absolute Gasteiger partial charge is 0.475 e. The van der Waals surface area contributed by atoms with Crippen LogP contribution in [0, 0.1) is 23.2 Å². The summed E-state index contributed by atoms with van der Waals surface area (Å²) < 4.78 is 31.7. The van der Waals surface area contributed by atoms with E-state index in [1.54, 1.807) is 0 Å². The van der Waals surface area contributed by atoms with Crippen molar-refractivity contribution in [1.29, 1.82) is 0 Å². The van der Waals surface area contributed by atoms with Gasteiger partial charge in [0.1, 0.15) is 0 Å². The molecule has 1 aliphatic rings. The lowest BCUT2D eigenvalue weighted by Crippen LogP contribution is -2.39. The van der Waals surface area contributed by atoms with Gasteiger partial charge >= 0.3 is 12.1 Å². The first-order chi connectivity index (χ1) is 19.8. The highest BCUT2D eigenvalue weighted by Gasteiger charge is 2.42. The summed E-state index contributed by atoms with van der Waals surface area (Å²) in [6.45, 7) is 34.8. The van der Waals surface area contributed by atoms with Crippen molar-refractivity contribution >= 4 is 5.97 Å². The van der Waals surface area contributed by atoms with E-state index < -0.39 is 12.1 Å². The highest BCUT2D eigenvalue weighted by atomic mass is 19.4. The second kappa shape index (κ2) is 28.0. The number of aliphatic carboxylic acids is 1. The molecule has 0 heterocycles. The minimum atomic E-state index is -5.08. The SMILES string of the molecule is C=C(C)/C(=C\C)CCCCC.C=C1CCC[C@](C)(C(CC)C(C)C)C1C.CCC.CCCCC(C)O.O=C(O)C(F)(F)F. The summed E-state index contributed by atoms with van der Waals surface area (Å²) >= 11 is 0. The Kier molecular flexibility index (Phi) is 31.4. The summed E-state index contributed by atoms with van der Waals surface area (Å²) in [5, 5.41) is 15.8. The fourth-order valence-electron chi connectivity index (χ4n) is 5.47. The van der Waals surface area contributed by atoms with E-state index in [0.29, 0.717) is 11.3 Å². The first-order valence-electron chi connectivity index (χ1n) is 16.7. The van der Waals surface area contributed by atoms with Gasteiger partial charge in [-0.05, 0) is 88.0 Å². The zero-order valence-corrected chi connectivity index (χ0v) is 30.2. The first kappa shape index (κ1) is 48.3. The van der Waals surface area contributed by atoms with Crippen molar-refractivity contribution in [2.75, 3.05) is 0 Å². The van der Waals surface area contributed by atoms with Crippen molar-refractivity contribution in [3.8, 4) is 0 Å². The first-order valence-corrected chi connectivity index (χ1v) is 16.7. The molecule has 1 rings (SSSR count). The van der Waals surface area contributed by atoms with Crippen LogP contribution in [0.15, 0.2) is 36.0 Å². The fraction of sp³-hybridized carbons (Fsp3) is 0.811. The van der Waals surface area contributed by atoms with E-state index in [9.17, 15) is 13.2 Å². The van der Waals surface area contributed by atoms with Gasteiger partial charge in [-0.2, -0.15) is 13.2 Å². The number of unbranched alkanes of at least 4 members (excludes halogenated alkanes) is 3. The van der Waals surface area contributed by atoms with Gasteiger partial charge in [-0.15, -0.1) is 0 Å².